The van der Waals surface area contributed by atoms with Gasteiger partial charge in [0.2, 0.25) is 5.91 Å². The van der Waals surface area contributed by atoms with Gasteiger partial charge in [-0.15, -0.1) is 0 Å². The van der Waals surface area contributed by atoms with Gasteiger partial charge < -0.3 is 20.3 Å². The number of amides is 3. The zero-order chi connectivity index (χ0) is 17.8. The van der Waals surface area contributed by atoms with Gasteiger partial charge >= 0.3 is 12.0 Å². The summed E-state index contributed by atoms with van der Waals surface area (Å²) in [5, 5.41) is 5.82. The molecule has 0 unspecified atom stereocenters. The molecule has 3 amide bonds. The van der Waals surface area contributed by atoms with Crippen LogP contribution in [0.15, 0.2) is 30.3 Å². The molecule has 1 saturated carbocycles. The van der Waals surface area contributed by atoms with Crippen LogP contribution in [0.5, 0.6) is 0 Å². The van der Waals surface area contributed by atoms with E-state index in [0.717, 1.165) is 25.7 Å². The molecule has 134 valence electrons. The second-order valence-electron chi connectivity index (χ2n) is 6.47. The summed E-state index contributed by atoms with van der Waals surface area (Å²) in [7, 11) is 1.28. The Hall–Kier alpha value is -2.57. The van der Waals surface area contributed by atoms with Crippen molar-refractivity contribution < 1.29 is 19.1 Å². The Morgan fingerprint density at radius 2 is 1.96 bits per heavy atom. The SMILES string of the molecule is COC(=O)C[C@H]1C(=O)N[C@H]2CCCC[C@@H]2N1C(=O)Nc1ccccc1. The predicted octanol–water partition coefficient (Wildman–Crippen LogP) is 1.89. The van der Waals surface area contributed by atoms with Gasteiger partial charge in [0, 0.05) is 11.7 Å². The fourth-order valence-corrected chi connectivity index (χ4v) is 3.68. The van der Waals surface area contributed by atoms with Crippen molar-refractivity contribution in [1.82, 2.24) is 10.2 Å². The van der Waals surface area contributed by atoms with Crippen LogP contribution >= 0.6 is 0 Å². The number of carbonyl (C=O) groups excluding carboxylic acids is 3. The minimum absolute atomic E-state index is 0.0586. The first kappa shape index (κ1) is 17.3. The number of urea groups is 1. The summed E-state index contributed by atoms with van der Waals surface area (Å²) in [6, 6.07) is 7.72. The number of para-hydroxylation sites is 1. The maximum absolute atomic E-state index is 12.9. The van der Waals surface area contributed by atoms with Crippen LogP contribution in [0.4, 0.5) is 10.5 Å². The molecule has 2 fully saturated rings. The number of hydrogen-bond donors (Lipinski definition) is 2. The number of carbonyl (C=O) groups is 3. The van der Waals surface area contributed by atoms with Crippen molar-refractivity contribution in [2.45, 2.75) is 50.2 Å². The Labute approximate surface area is 146 Å². The number of fused-ring (bicyclic) bond motifs is 1. The quantitative estimate of drug-likeness (QED) is 0.819. The third kappa shape index (κ3) is 3.75. The molecule has 1 heterocycles. The zero-order valence-corrected chi connectivity index (χ0v) is 14.2. The zero-order valence-electron chi connectivity index (χ0n) is 14.2. The van der Waals surface area contributed by atoms with Gasteiger partial charge in [-0.05, 0) is 25.0 Å². The summed E-state index contributed by atoms with van der Waals surface area (Å²) < 4.78 is 4.71. The molecule has 1 aromatic carbocycles. The summed E-state index contributed by atoms with van der Waals surface area (Å²) in [5.74, 6) is -0.802. The van der Waals surface area contributed by atoms with Crippen LogP contribution in [0.3, 0.4) is 0 Å². The molecule has 2 N–H and O–H groups in total. The largest absolute Gasteiger partial charge is 0.469 e. The first-order valence-corrected chi connectivity index (χ1v) is 8.61. The number of rotatable bonds is 3. The van der Waals surface area contributed by atoms with Crippen LogP contribution in [0.2, 0.25) is 0 Å². The highest BCUT2D eigenvalue weighted by atomic mass is 16.5. The Morgan fingerprint density at radius 3 is 2.68 bits per heavy atom. The Kier molecular flexibility index (Phi) is 5.21. The Bertz CT molecular complexity index is 649. The standard InChI is InChI=1S/C18H23N3O4/c1-25-16(22)11-15-17(23)20-13-9-5-6-10-14(13)21(15)18(24)19-12-7-3-2-4-8-12/h2-4,7-8,13-15H,5-6,9-11H2,1H3,(H,19,24)(H,20,23)/t13-,14-,15-/m0/s1. The summed E-state index contributed by atoms with van der Waals surface area (Å²) in [4.78, 5) is 38.8. The highest BCUT2D eigenvalue weighted by Gasteiger charge is 2.46. The van der Waals surface area contributed by atoms with Gasteiger partial charge in [-0.1, -0.05) is 31.0 Å². The van der Waals surface area contributed by atoms with E-state index in [2.05, 4.69) is 10.6 Å². The second kappa shape index (κ2) is 7.55. The van der Waals surface area contributed by atoms with Crippen molar-refractivity contribution in [3.05, 3.63) is 30.3 Å². The number of esters is 1. The molecule has 0 spiro atoms. The van der Waals surface area contributed by atoms with E-state index in [9.17, 15) is 14.4 Å². The van der Waals surface area contributed by atoms with Crippen molar-refractivity contribution in [2.24, 2.45) is 0 Å². The fourth-order valence-electron chi connectivity index (χ4n) is 3.68. The number of hydrogen-bond acceptors (Lipinski definition) is 4. The van der Waals surface area contributed by atoms with E-state index in [1.807, 2.05) is 18.2 Å². The van der Waals surface area contributed by atoms with Crippen LogP contribution in [0.25, 0.3) is 0 Å². The minimum Gasteiger partial charge on any atom is -0.469 e. The predicted molar refractivity (Wildman–Crippen MR) is 91.9 cm³/mol. The molecular formula is C18H23N3O4. The number of nitrogens with zero attached hydrogens (tertiary/aromatic N) is 1. The summed E-state index contributed by atoms with van der Waals surface area (Å²) >= 11 is 0. The van der Waals surface area contributed by atoms with E-state index in [0.29, 0.717) is 5.69 Å². The molecule has 1 aliphatic heterocycles. The number of ether oxygens (including phenoxy) is 1. The van der Waals surface area contributed by atoms with Crippen LogP contribution in [0, 0.1) is 0 Å². The molecule has 1 aliphatic carbocycles. The molecule has 7 heteroatoms. The molecule has 0 bridgehead atoms. The average Bonchev–Trinajstić information content (AvgIpc) is 2.62. The van der Waals surface area contributed by atoms with E-state index < -0.39 is 12.0 Å². The topological polar surface area (TPSA) is 87.7 Å². The van der Waals surface area contributed by atoms with Crippen LogP contribution in [-0.2, 0) is 14.3 Å². The first-order chi connectivity index (χ1) is 12.1. The number of nitrogens with one attached hydrogen (secondary N) is 2. The van der Waals surface area contributed by atoms with Gasteiger partial charge in [-0.3, -0.25) is 9.59 Å². The lowest BCUT2D eigenvalue weighted by molar-refractivity contribution is -0.146. The average molecular weight is 345 g/mol. The smallest absolute Gasteiger partial charge is 0.322 e. The van der Waals surface area contributed by atoms with Crippen molar-refractivity contribution in [1.29, 1.82) is 0 Å². The van der Waals surface area contributed by atoms with Crippen molar-refractivity contribution >= 4 is 23.6 Å². The number of benzene rings is 1. The second-order valence-corrected chi connectivity index (χ2v) is 6.47. The van der Waals surface area contributed by atoms with Gasteiger partial charge in [0.05, 0.1) is 19.6 Å². The van der Waals surface area contributed by atoms with Crippen LogP contribution in [0.1, 0.15) is 32.1 Å². The normalized spacial score (nSPS) is 25.6. The fraction of sp³-hybridized carbons (Fsp3) is 0.500. The lowest BCUT2D eigenvalue weighted by atomic mass is 9.85. The lowest BCUT2D eigenvalue weighted by Gasteiger charge is -2.47. The van der Waals surface area contributed by atoms with Gasteiger partial charge in [-0.2, -0.15) is 0 Å². The number of methoxy groups -OCH3 is 1. The molecule has 0 aromatic heterocycles. The highest BCUT2D eigenvalue weighted by Crippen LogP contribution is 2.30. The van der Waals surface area contributed by atoms with Crippen LogP contribution in [-0.4, -0.2) is 48.0 Å². The van der Waals surface area contributed by atoms with E-state index in [1.54, 1.807) is 17.0 Å². The molecule has 2 aliphatic rings. The van der Waals surface area contributed by atoms with Crippen molar-refractivity contribution in [2.75, 3.05) is 12.4 Å². The number of anilines is 1. The highest BCUT2D eigenvalue weighted by molar-refractivity contribution is 5.96. The molecule has 0 radical (unpaired) electrons. The molecule has 1 aromatic rings. The van der Waals surface area contributed by atoms with Crippen molar-refractivity contribution in [3.63, 3.8) is 0 Å². The lowest BCUT2D eigenvalue weighted by Crippen LogP contribution is -2.68. The molecule has 25 heavy (non-hydrogen) atoms. The molecule has 7 nitrogen and oxygen atoms in total. The molecule has 1 saturated heterocycles. The van der Waals surface area contributed by atoms with Gasteiger partial charge in [0.25, 0.3) is 0 Å². The Balaban J connectivity index is 1.85. The first-order valence-electron chi connectivity index (χ1n) is 8.61. The molecule has 3 atom stereocenters. The molecule has 3 rings (SSSR count). The number of piperazine rings is 1. The van der Waals surface area contributed by atoms with E-state index in [4.69, 9.17) is 4.74 Å². The van der Waals surface area contributed by atoms with Gasteiger partial charge in [-0.25, -0.2) is 4.79 Å². The monoisotopic (exact) mass is 345 g/mol. The Morgan fingerprint density at radius 1 is 1.24 bits per heavy atom. The van der Waals surface area contributed by atoms with Crippen LogP contribution < -0.4 is 10.6 Å². The minimum atomic E-state index is -0.851. The summed E-state index contributed by atoms with van der Waals surface area (Å²) in [6.45, 7) is 0. The maximum Gasteiger partial charge on any atom is 0.322 e. The summed E-state index contributed by atoms with van der Waals surface area (Å²) in [5.41, 5.74) is 0.655. The van der Waals surface area contributed by atoms with Gasteiger partial charge in [0.1, 0.15) is 6.04 Å². The summed E-state index contributed by atoms with van der Waals surface area (Å²) in [6.07, 6.45) is 3.53. The van der Waals surface area contributed by atoms with E-state index >= 15 is 0 Å². The van der Waals surface area contributed by atoms with E-state index in [1.165, 1.54) is 7.11 Å². The maximum atomic E-state index is 12.9. The van der Waals surface area contributed by atoms with E-state index in [-0.39, 0.29) is 30.4 Å². The third-order valence-electron chi connectivity index (χ3n) is 4.90. The third-order valence-corrected chi connectivity index (χ3v) is 4.90. The van der Waals surface area contributed by atoms with Crippen molar-refractivity contribution in [3.8, 4) is 0 Å². The van der Waals surface area contributed by atoms with Gasteiger partial charge in [0.15, 0.2) is 0 Å². The molecular weight excluding hydrogens is 322 g/mol.